The number of aliphatic hydroxyl groups excluding tert-OH is 1. The second-order valence-electron chi connectivity index (χ2n) is 12.1. The van der Waals surface area contributed by atoms with E-state index < -0.39 is 0 Å². The molecule has 0 aromatic heterocycles. The first-order valence-corrected chi connectivity index (χ1v) is 13.9. The molecule has 1 N–H and O–H groups in total. The van der Waals surface area contributed by atoms with Gasteiger partial charge in [0.15, 0.2) is 0 Å². The largest absolute Gasteiger partial charge is 0.461 e. The minimum absolute atomic E-state index is 0.0501. The third-order valence-electron chi connectivity index (χ3n) is 10.1. The summed E-state index contributed by atoms with van der Waals surface area (Å²) in [4.78, 5) is 28.0. The number of fused-ring (bicyclic) bond motifs is 5. The summed E-state index contributed by atoms with van der Waals surface area (Å²) in [5, 5.41) is 10.3. The zero-order chi connectivity index (χ0) is 23.8. The molecule has 0 aromatic rings. The van der Waals surface area contributed by atoms with Gasteiger partial charge in [0.25, 0.3) is 0 Å². The fourth-order valence-corrected chi connectivity index (χ4v) is 8.95. The van der Waals surface area contributed by atoms with Crippen LogP contribution in [0.25, 0.3) is 0 Å². The normalized spacial score (nSPS) is 42.4. The molecule has 0 aliphatic heterocycles. The lowest BCUT2D eigenvalue weighted by Crippen LogP contribution is -2.56. The van der Waals surface area contributed by atoms with Crippen molar-refractivity contribution in [1.82, 2.24) is 4.90 Å². The van der Waals surface area contributed by atoms with Crippen LogP contribution in [0.4, 0.5) is 0 Å². The highest BCUT2D eigenvalue weighted by Gasteiger charge is 2.61. The Kier molecular flexibility index (Phi) is 7.90. The van der Waals surface area contributed by atoms with Gasteiger partial charge in [-0.3, -0.25) is 14.5 Å². The summed E-state index contributed by atoms with van der Waals surface area (Å²) in [5.41, 5.74) is -0.0501. The van der Waals surface area contributed by atoms with Gasteiger partial charge in [-0.15, -0.1) is 0 Å². The first-order chi connectivity index (χ1) is 15.8. The molecule has 4 fully saturated rings. The second kappa shape index (κ2) is 10.4. The van der Waals surface area contributed by atoms with Crippen LogP contribution in [-0.4, -0.2) is 53.6 Å². The Labute approximate surface area is 201 Å². The van der Waals surface area contributed by atoms with Crippen molar-refractivity contribution < 1.29 is 19.4 Å². The first kappa shape index (κ1) is 25.2. The van der Waals surface area contributed by atoms with Crippen LogP contribution in [0.2, 0.25) is 0 Å². The van der Waals surface area contributed by atoms with Crippen LogP contribution in [0.1, 0.15) is 91.9 Å². The van der Waals surface area contributed by atoms with E-state index in [1.165, 1.54) is 6.42 Å². The summed E-state index contributed by atoms with van der Waals surface area (Å²) in [6.45, 7) is 10.6. The van der Waals surface area contributed by atoms with Crippen molar-refractivity contribution in [1.29, 1.82) is 0 Å². The van der Waals surface area contributed by atoms with Crippen LogP contribution in [0.3, 0.4) is 0 Å². The van der Waals surface area contributed by atoms with E-state index in [4.69, 9.17) is 4.74 Å². The lowest BCUT2D eigenvalue weighted by atomic mass is 9.48. The van der Waals surface area contributed by atoms with Crippen molar-refractivity contribution in [3.05, 3.63) is 0 Å². The number of rotatable bonds is 8. The van der Waals surface area contributed by atoms with E-state index in [9.17, 15) is 14.7 Å². The number of ketones is 1. The van der Waals surface area contributed by atoms with Crippen molar-refractivity contribution in [2.24, 2.45) is 40.9 Å². The maximum absolute atomic E-state index is 13.2. The third kappa shape index (κ3) is 4.91. The Balaban J connectivity index is 1.58. The number of hydrogen-bond donors (Lipinski definition) is 1. The van der Waals surface area contributed by atoms with Crippen molar-refractivity contribution >= 4 is 11.8 Å². The minimum Gasteiger partial charge on any atom is -0.461 e. The molecule has 188 valence electrons. The fraction of sp³-hybridized carbons (Fsp3) is 0.929. The molecule has 0 amide bonds. The molecule has 0 bridgehead atoms. The first-order valence-electron chi connectivity index (χ1n) is 13.9. The van der Waals surface area contributed by atoms with Gasteiger partial charge in [-0.1, -0.05) is 20.8 Å². The van der Waals surface area contributed by atoms with Crippen molar-refractivity contribution in [2.45, 2.75) is 104 Å². The van der Waals surface area contributed by atoms with E-state index >= 15 is 0 Å². The van der Waals surface area contributed by atoms with Gasteiger partial charge in [0.05, 0.1) is 12.6 Å². The number of hydrogen-bond acceptors (Lipinski definition) is 5. The molecule has 4 aliphatic rings. The topological polar surface area (TPSA) is 66.8 Å². The molecule has 0 spiro atoms. The van der Waals surface area contributed by atoms with Gasteiger partial charge in [0, 0.05) is 11.8 Å². The summed E-state index contributed by atoms with van der Waals surface area (Å²) in [6.07, 6.45) is 9.98. The average Bonchev–Trinajstić information content (AvgIpc) is 3.10. The van der Waals surface area contributed by atoms with Gasteiger partial charge >= 0.3 is 5.97 Å². The molecule has 4 rings (SSSR count). The zero-order valence-corrected chi connectivity index (χ0v) is 21.4. The van der Waals surface area contributed by atoms with Gasteiger partial charge < -0.3 is 9.84 Å². The van der Waals surface area contributed by atoms with Crippen molar-refractivity contribution in [3.8, 4) is 0 Å². The molecular formula is C28H47NO4. The highest BCUT2D eigenvalue weighted by Crippen LogP contribution is 2.64. The number of aliphatic hydroxyl groups is 1. The van der Waals surface area contributed by atoms with E-state index in [-0.39, 0.29) is 29.5 Å². The van der Waals surface area contributed by atoms with Crippen molar-refractivity contribution in [3.63, 3.8) is 0 Å². The van der Waals surface area contributed by atoms with E-state index in [1.807, 2.05) is 0 Å². The van der Waals surface area contributed by atoms with Crippen LogP contribution in [-0.2, 0) is 14.3 Å². The number of Topliss-reactive ketones (excluding diaryl/α,β-unsaturated/α-hetero) is 1. The molecule has 5 heteroatoms. The Morgan fingerprint density at radius 2 is 1.70 bits per heavy atom. The van der Waals surface area contributed by atoms with E-state index in [0.29, 0.717) is 41.9 Å². The maximum Gasteiger partial charge on any atom is 0.320 e. The van der Waals surface area contributed by atoms with E-state index in [2.05, 4.69) is 25.7 Å². The Bertz CT molecular complexity index is 704. The molecule has 4 aliphatic carbocycles. The molecule has 33 heavy (non-hydrogen) atoms. The van der Waals surface area contributed by atoms with Crippen molar-refractivity contribution in [2.75, 3.05) is 19.6 Å². The molecule has 0 radical (unpaired) electrons. The SMILES string of the molecule is CCCN(CCC)CC(=O)O[C@H]1C[C@]2(C)[C@@H](C(C)=O)CC[C@H]2[C@@H]2CC[C@H]3C[C@H](O)CC[C@@H]3[C@H]21. The summed E-state index contributed by atoms with van der Waals surface area (Å²) in [6, 6.07) is 0. The lowest BCUT2D eigenvalue weighted by Gasteiger charge is -2.58. The number of esters is 1. The standard InChI is InChI=1S/C28H47NO4/c1-5-13-29(14-6-2)17-26(32)33-25-16-28(4)23(18(3)30)11-12-24(28)22-9-7-19-15-20(31)8-10-21(19)27(22)25/h19-25,27,31H,5-17H2,1-4H3/t19-,20+,21-,22-,23+,24-,25-,27+,28+/m0/s1. The third-order valence-corrected chi connectivity index (χ3v) is 10.1. The maximum atomic E-state index is 13.2. The number of ether oxygens (including phenoxy) is 1. The lowest BCUT2D eigenvalue weighted by molar-refractivity contribution is -0.181. The molecular weight excluding hydrogens is 414 g/mol. The highest BCUT2D eigenvalue weighted by molar-refractivity contribution is 5.79. The molecule has 5 nitrogen and oxygen atoms in total. The van der Waals surface area contributed by atoms with E-state index in [1.54, 1.807) is 6.92 Å². The fourth-order valence-electron chi connectivity index (χ4n) is 8.95. The molecule has 0 saturated heterocycles. The minimum atomic E-state index is -0.164. The predicted octanol–water partition coefficient (Wildman–Crippen LogP) is 4.85. The van der Waals surface area contributed by atoms with Crippen LogP contribution in [0, 0.1) is 40.9 Å². The number of carbonyl (C=O) groups is 2. The Morgan fingerprint density at radius 1 is 1.00 bits per heavy atom. The van der Waals surface area contributed by atoms with Gasteiger partial charge in [-0.05, 0) is 113 Å². The van der Waals surface area contributed by atoms with Gasteiger partial charge in [-0.2, -0.15) is 0 Å². The predicted molar refractivity (Wildman–Crippen MR) is 130 cm³/mol. The Morgan fingerprint density at radius 3 is 2.36 bits per heavy atom. The molecule has 4 saturated carbocycles. The Hall–Kier alpha value is -0.940. The van der Waals surface area contributed by atoms with Gasteiger partial charge in [-0.25, -0.2) is 0 Å². The molecule has 0 unspecified atom stereocenters. The monoisotopic (exact) mass is 461 g/mol. The van der Waals surface area contributed by atoms with Crippen LogP contribution in [0.5, 0.6) is 0 Å². The zero-order valence-electron chi connectivity index (χ0n) is 21.4. The smallest absolute Gasteiger partial charge is 0.320 e. The van der Waals surface area contributed by atoms with E-state index in [0.717, 1.165) is 70.9 Å². The summed E-state index contributed by atoms with van der Waals surface area (Å²) < 4.78 is 6.41. The molecule has 9 atom stereocenters. The number of nitrogens with zero attached hydrogens (tertiary/aromatic N) is 1. The number of carbonyl (C=O) groups excluding carboxylic acids is 2. The summed E-state index contributed by atoms with van der Waals surface area (Å²) in [5.74, 6) is 2.95. The van der Waals surface area contributed by atoms with Crippen LogP contribution in [0.15, 0.2) is 0 Å². The second-order valence-corrected chi connectivity index (χ2v) is 12.1. The van der Waals surface area contributed by atoms with Crippen LogP contribution >= 0.6 is 0 Å². The molecule has 0 aromatic carbocycles. The van der Waals surface area contributed by atoms with Gasteiger partial charge in [0.1, 0.15) is 11.9 Å². The summed E-state index contributed by atoms with van der Waals surface area (Å²) >= 11 is 0. The average molecular weight is 462 g/mol. The highest BCUT2D eigenvalue weighted by atomic mass is 16.5. The van der Waals surface area contributed by atoms with Gasteiger partial charge in [0.2, 0.25) is 0 Å². The van der Waals surface area contributed by atoms with Crippen LogP contribution < -0.4 is 0 Å². The quantitative estimate of drug-likeness (QED) is 0.524. The summed E-state index contributed by atoms with van der Waals surface area (Å²) in [7, 11) is 0. The molecule has 0 heterocycles.